The van der Waals surface area contributed by atoms with Crippen LogP contribution >= 0.6 is 0 Å². The van der Waals surface area contributed by atoms with Gasteiger partial charge in [-0.15, -0.1) is 0 Å². The molecule has 0 heterocycles. The van der Waals surface area contributed by atoms with Crippen molar-refractivity contribution in [3.05, 3.63) is 0 Å². The minimum Gasteiger partial charge on any atom is -0.394 e. The molecule has 0 aliphatic heterocycles. The molecule has 0 rings (SSSR count). The highest BCUT2D eigenvalue weighted by Gasteiger charge is 2.09. The van der Waals surface area contributed by atoms with Gasteiger partial charge in [-0.25, -0.2) is 0 Å². The summed E-state index contributed by atoms with van der Waals surface area (Å²) in [7, 11) is 1.66. The lowest BCUT2D eigenvalue weighted by Crippen LogP contribution is -2.15. The topological polar surface area (TPSA) is 29.5 Å². The lowest BCUT2D eigenvalue weighted by molar-refractivity contribution is 0.0414. The standard InChI is InChI=1S/C12H26O2/c1-12(2,3)9-7-5-6-8-11(10-13)14-4/h11,13H,5-10H2,1-4H3. The Morgan fingerprint density at radius 1 is 1.14 bits per heavy atom. The maximum Gasteiger partial charge on any atom is 0.0802 e. The smallest absolute Gasteiger partial charge is 0.0802 e. The molecule has 2 nitrogen and oxygen atoms in total. The van der Waals surface area contributed by atoms with Crippen LogP contribution in [0.3, 0.4) is 0 Å². The first-order chi connectivity index (χ1) is 6.49. The van der Waals surface area contributed by atoms with Crippen molar-refractivity contribution >= 4 is 0 Å². The second kappa shape index (κ2) is 7.24. The maximum atomic E-state index is 8.89. The van der Waals surface area contributed by atoms with Crippen molar-refractivity contribution in [2.45, 2.75) is 59.0 Å². The van der Waals surface area contributed by atoms with E-state index in [1.165, 1.54) is 19.3 Å². The number of hydrogen-bond donors (Lipinski definition) is 1. The summed E-state index contributed by atoms with van der Waals surface area (Å²) in [6.45, 7) is 6.98. The first kappa shape index (κ1) is 13.9. The first-order valence-electron chi connectivity index (χ1n) is 5.63. The van der Waals surface area contributed by atoms with Crippen LogP contribution in [0.5, 0.6) is 0 Å². The zero-order valence-electron chi connectivity index (χ0n) is 10.2. The summed E-state index contributed by atoms with van der Waals surface area (Å²) >= 11 is 0. The van der Waals surface area contributed by atoms with E-state index in [1.807, 2.05) is 0 Å². The molecular weight excluding hydrogens is 176 g/mol. The van der Waals surface area contributed by atoms with E-state index in [4.69, 9.17) is 9.84 Å². The molecule has 0 spiro atoms. The Labute approximate surface area is 88.7 Å². The molecule has 0 saturated heterocycles. The summed E-state index contributed by atoms with van der Waals surface area (Å²) in [5, 5.41) is 8.89. The first-order valence-corrected chi connectivity index (χ1v) is 5.63. The minimum absolute atomic E-state index is 0.0460. The zero-order valence-corrected chi connectivity index (χ0v) is 10.2. The van der Waals surface area contributed by atoms with Crippen LogP contribution in [-0.2, 0) is 4.74 Å². The SMILES string of the molecule is COC(CO)CCCCCC(C)(C)C. The molecule has 86 valence electrons. The molecule has 0 radical (unpaired) electrons. The van der Waals surface area contributed by atoms with Crippen LogP contribution in [-0.4, -0.2) is 24.9 Å². The minimum atomic E-state index is 0.0460. The third kappa shape index (κ3) is 8.52. The van der Waals surface area contributed by atoms with E-state index >= 15 is 0 Å². The fraction of sp³-hybridized carbons (Fsp3) is 1.00. The second-order valence-electron chi connectivity index (χ2n) is 5.20. The van der Waals surface area contributed by atoms with Gasteiger partial charge in [0.15, 0.2) is 0 Å². The van der Waals surface area contributed by atoms with Gasteiger partial charge in [-0.1, -0.05) is 40.0 Å². The predicted molar refractivity (Wildman–Crippen MR) is 60.4 cm³/mol. The highest BCUT2D eigenvalue weighted by Crippen LogP contribution is 2.22. The van der Waals surface area contributed by atoms with Gasteiger partial charge in [0.25, 0.3) is 0 Å². The van der Waals surface area contributed by atoms with Crippen molar-refractivity contribution in [2.75, 3.05) is 13.7 Å². The number of methoxy groups -OCH3 is 1. The lowest BCUT2D eigenvalue weighted by Gasteiger charge is -2.18. The molecule has 0 amide bonds. The molecule has 14 heavy (non-hydrogen) atoms. The van der Waals surface area contributed by atoms with Crippen LogP contribution in [0, 0.1) is 5.41 Å². The van der Waals surface area contributed by atoms with E-state index in [0.29, 0.717) is 5.41 Å². The summed E-state index contributed by atoms with van der Waals surface area (Å²) < 4.78 is 5.10. The van der Waals surface area contributed by atoms with Crippen LogP contribution in [0.15, 0.2) is 0 Å². The van der Waals surface area contributed by atoms with Gasteiger partial charge in [0.05, 0.1) is 12.7 Å². The monoisotopic (exact) mass is 202 g/mol. The number of unbranched alkanes of at least 4 members (excludes halogenated alkanes) is 2. The van der Waals surface area contributed by atoms with Crippen molar-refractivity contribution < 1.29 is 9.84 Å². The Balaban J connectivity index is 3.29. The van der Waals surface area contributed by atoms with Gasteiger partial charge < -0.3 is 9.84 Å². The van der Waals surface area contributed by atoms with Crippen molar-refractivity contribution in [2.24, 2.45) is 5.41 Å². The average molecular weight is 202 g/mol. The van der Waals surface area contributed by atoms with Gasteiger partial charge in [-0.3, -0.25) is 0 Å². The largest absolute Gasteiger partial charge is 0.394 e. The van der Waals surface area contributed by atoms with Crippen molar-refractivity contribution in [3.8, 4) is 0 Å². The Morgan fingerprint density at radius 2 is 1.79 bits per heavy atom. The number of aliphatic hydroxyl groups is 1. The molecule has 1 N–H and O–H groups in total. The van der Waals surface area contributed by atoms with Crippen LogP contribution in [0.25, 0.3) is 0 Å². The van der Waals surface area contributed by atoms with E-state index in [-0.39, 0.29) is 12.7 Å². The van der Waals surface area contributed by atoms with Gasteiger partial charge in [0.2, 0.25) is 0 Å². The van der Waals surface area contributed by atoms with Gasteiger partial charge >= 0.3 is 0 Å². The third-order valence-electron chi connectivity index (χ3n) is 2.49. The van der Waals surface area contributed by atoms with Crippen LogP contribution in [0.1, 0.15) is 52.9 Å². The number of hydrogen-bond acceptors (Lipinski definition) is 2. The second-order valence-corrected chi connectivity index (χ2v) is 5.20. The Hall–Kier alpha value is -0.0800. The van der Waals surface area contributed by atoms with Gasteiger partial charge in [-0.2, -0.15) is 0 Å². The highest BCUT2D eigenvalue weighted by molar-refractivity contribution is 4.62. The van der Waals surface area contributed by atoms with Gasteiger partial charge in [0.1, 0.15) is 0 Å². The number of rotatable bonds is 7. The summed E-state index contributed by atoms with van der Waals surface area (Å²) in [4.78, 5) is 0. The fourth-order valence-electron chi connectivity index (χ4n) is 1.49. The van der Waals surface area contributed by atoms with E-state index in [0.717, 1.165) is 12.8 Å². The van der Waals surface area contributed by atoms with Crippen molar-refractivity contribution in [1.82, 2.24) is 0 Å². The molecule has 0 aromatic rings. The molecule has 0 aromatic heterocycles. The maximum absolute atomic E-state index is 8.89. The molecular formula is C12H26O2. The normalized spacial score (nSPS) is 14.4. The quantitative estimate of drug-likeness (QED) is 0.643. The van der Waals surface area contributed by atoms with E-state index < -0.39 is 0 Å². The lowest BCUT2D eigenvalue weighted by atomic mass is 9.89. The van der Waals surface area contributed by atoms with Gasteiger partial charge in [-0.05, 0) is 18.3 Å². The van der Waals surface area contributed by atoms with E-state index in [1.54, 1.807) is 7.11 Å². The van der Waals surface area contributed by atoms with E-state index in [9.17, 15) is 0 Å². The van der Waals surface area contributed by atoms with Crippen LogP contribution < -0.4 is 0 Å². The summed E-state index contributed by atoms with van der Waals surface area (Å²) in [5.74, 6) is 0. The molecule has 0 aromatic carbocycles. The molecule has 0 fully saturated rings. The molecule has 0 aliphatic carbocycles. The van der Waals surface area contributed by atoms with Gasteiger partial charge in [0, 0.05) is 7.11 Å². The third-order valence-corrected chi connectivity index (χ3v) is 2.49. The number of aliphatic hydroxyl groups excluding tert-OH is 1. The average Bonchev–Trinajstić information content (AvgIpc) is 2.09. The Morgan fingerprint density at radius 3 is 2.21 bits per heavy atom. The summed E-state index contributed by atoms with van der Waals surface area (Å²) in [6.07, 6.45) is 6.00. The zero-order chi connectivity index (χ0) is 11.0. The molecule has 0 aliphatic rings. The van der Waals surface area contributed by atoms with E-state index in [2.05, 4.69) is 20.8 Å². The highest BCUT2D eigenvalue weighted by atomic mass is 16.5. The molecule has 2 heteroatoms. The van der Waals surface area contributed by atoms with Crippen molar-refractivity contribution in [1.29, 1.82) is 0 Å². The Kier molecular flexibility index (Phi) is 7.20. The molecule has 1 unspecified atom stereocenters. The molecule has 0 saturated carbocycles. The van der Waals surface area contributed by atoms with Crippen LogP contribution in [0.4, 0.5) is 0 Å². The summed E-state index contributed by atoms with van der Waals surface area (Å²) in [6, 6.07) is 0. The fourth-order valence-corrected chi connectivity index (χ4v) is 1.49. The van der Waals surface area contributed by atoms with Crippen molar-refractivity contribution in [3.63, 3.8) is 0 Å². The Bertz CT molecular complexity index is 123. The molecule has 0 bridgehead atoms. The van der Waals surface area contributed by atoms with Crippen LogP contribution in [0.2, 0.25) is 0 Å². The predicted octanol–water partition coefficient (Wildman–Crippen LogP) is 2.99. The molecule has 1 atom stereocenters. The summed E-state index contributed by atoms with van der Waals surface area (Å²) in [5.41, 5.74) is 0.456. The number of ether oxygens (including phenoxy) is 1.